The maximum atomic E-state index is 11.9. The molecule has 1 N–H and O–H groups in total. The minimum atomic E-state index is -6.12. The molecule has 0 aromatic heterocycles. The Kier molecular flexibility index (Phi) is 4.15. The van der Waals surface area contributed by atoms with Gasteiger partial charge >= 0.3 is 18.5 Å². The van der Waals surface area contributed by atoms with Crippen molar-refractivity contribution >= 4 is 0 Å². The molecule has 0 radical (unpaired) electrons. The molecule has 0 saturated heterocycles. The first-order valence-electron chi connectivity index (χ1n) is 3.81. The molecule has 0 spiro atoms. The van der Waals surface area contributed by atoms with Crippen molar-refractivity contribution in [1.82, 2.24) is 0 Å². The van der Waals surface area contributed by atoms with Gasteiger partial charge in [-0.25, -0.2) is 0 Å². The Morgan fingerprint density at radius 2 is 1.12 bits per heavy atom. The van der Waals surface area contributed by atoms with Gasteiger partial charge in [-0.05, 0) is 0 Å². The molecule has 0 aromatic rings. The predicted molar refractivity (Wildman–Crippen MR) is 36.9 cm³/mol. The Morgan fingerprint density at radius 1 is 0.765 bits per heavy atom. The fraction of sp³-hybridized carbons (Fsp3) is 0.714. The minimum Gasteiger partial charge on any atom is -0.373 e. The van der Waals surface area contributed by atoms with Crippen molar-refractivity contribution in [3.8, 4) is 0 Å². The zero-order valence-electron chi connectivity index (χ0n) is 7.71. The first-order valence-corrected chi connectivity index (χ1v) is 3.81. The van der Waals surface area contributed by atoms with Crippen LogP contribution in [0, 0.1) is 0 Å². The van der Waals surface area contributed by atoms with Crippen LogP contribution in [0.5, 0.6) is 0 Å². The molecule has 10 heteroatoms. The molecule has 0 aliphatic carbocycles. The van der Waals surface area contributed by atoms with Crippen molar-refractivity contribution in [1.29, 1.82) is 0 Å². The van der Waals surface area contributed by atoms with Crippen LogP contribution in [0.2, 0.25) is 0 Å². The summed E-state index contributed by atoms with van der Waals surface area (Å²) in [4.78, 5) is 0. The lowest BCUT2D eigenvalue weighted by Crippen LogP contribution is -2.56. The Hall–Kier alpha value is -0.930. The lowest BCUT2D eigenvalue weighted by molar-refractivity contribution is -0.366. The summed E-state index contributed by atoms with van der Waals surface area (Å²) in [5.41, 5.74) is -5.19. The van der Waals surface area contributed by atoms with E-state index >= 15 is 0 Å². The third-order valence-corrected chi connectivity index (χ3v) is 1.66. The Labute approximate surface area is 88.5 Å². The lowest BCUT2D eigenvalue weighted by atomic mass is 9.98. The van der Waals surface area contributed by atoms with E-state index in [1.807, 2.05) is 0 Å². The summed E-state index contributed by atoms with van der Waals surface area (Å²) in [5, 5.41) is 8.41. The summed E-state index contributed by atoms with van der Waals surface area (Å²) in [6.45, 7) is 0. The van der Waals surface area contributed by atoms with Crippen LogP contribution in [0.4, 0.5) is 39.5 Å². The average Bonchev–Trinajstić information content (AvgIpc) is 1.96. The molecule has 0 aliphatic heterocycles. The van der Waals surface area contributed by atoms with Gasteiger partial charge in [0.15, 0.2) is 0 Å². The number of allylic oxidation sites excluding steroid dienone is 1. The number of rotatable bonds is 2. The Balaban J connectivity index is 5.08. The maximum absolute atomic E-state index is 11.9. The predicted octanol–water partition coefficient (Wildman–Crippen LogP) is 3.35. The minimum absolute atomic E-state index is 0.430. The molecule has 0 unspecified atom stereocenters. The van der Waals surface area contributed by atoms with Gasteiger partial charge in [0.05, 0.1) is 0 Å². The second kappa shape index (κ2) is 4.39. The molecule has 17 heavy (non-hydrogen) atoms. The van der Waals surface area contributed by atoms with Crippen LogP contribution in [0.1, 0.15) is 6.42 Å². The van der Waals surface area contributed by atoms with E-state index in [9.17, 15) is 39.5 Å². The van der Waals surface area contributed by atoms with Crippen molar-refractivity contribution < 1.29 is 44.6 Å². The molecule has 0 aliphatic rings. The van der Waals surface area contributed by atoms with E-state index in [1.165, 1.54) is 0 Å². The number of halogens is 9. The van der Waals surface area contributed by atoms with E-state index in [0.717, 1.165) is 0 Å². The van der Waals surface area contributed by atoms with Crippen LogP contribution in [-0.4, -0.2) is 29.2 Å². The highest BCUT2D eigenvalue weighted by Crippen LogP contribution is 2.45. The third kappa shape index (κ3) is 4.10. The summed E-state index contributed by atoms with van der Waals surface area (Å²) >= 11 is 0. The molecular formula is C7H5F9O. The summed E-state index contributed by atoms with van der Waals surface area (Å²) in [5.74, 6) is 0. The molecule has 0 bridgehead atoms. The first-order chi connectivity index (χ1) is 7.21. The van der Waals surface area contributed by atoms with Crippen molar-refractivity contribution in [3.63, 3.8) is 0 Å². The van der Waals surface area contributed by atoms with Crippen molar-refractivity contribution in [2.24, 2.45) is 0 Å². The normalized spacial score (nSPS) is 15.6. The topological polar surface area (TPSA) is 20.2 Å². The van der Waals surface area contributed by atoms with E-state index in [1.54, 1.807) is 0 Å². The maximum Gasteiger partial charge on any atom is 0.426 e. The molecule has 0 aromatic carbocycles. The van der Waals surface area contributed by atoms with Gasteiger partial charge in [-0.3, -0.25) is 0 Å². The fourth-order valence-corrected chi connectivity index (χ4v) is 0.755. The first kappa shape index (κ1) is 16.1. The molecule has 102 valence electrons. The molecule has 1 nitrogen and oxygen atoms in total. The van der Waals surface area contributed by atoms with E-state index in [4.69, 9.17) is 5.11 Å². The average molecular weight is 276 g/mol. The summed E-state index contributed by atoms with van der Waals surface area (Å²) in [6.07, 6.45) is -20.8. The molecular weight excluding hydrogens is 271 g/mol. The van der Waals surface area contributed by atoms with E-state index in [-0.39, 0.29) is 0 Å². The molecule has 0 amide bonds. The SMILES string of the molecule is OC(CC=CC(F)(F)F)(C(F)(F)F)C(F)(F)F. The smallest absolute Gasteiger partial charge is 0.373 e. The zero-order valence-corrected chi connectivity index (χ0v) is 7.71. The lowest BCUT2D eigenvalue weighted by Gasteiger charge is -2.31. The van der Waals surface area contributed by atoms with Gasteiger partial charge in [0.1, 0.15) is 0 Å². The van der Waals surface area contributed by atoms with Crippen LogP contribution >= 0.6 is 0 Å². The largest absolute Gasteiger partial charge is 0.426 e. The highest BCUT2D eigenvalue weighted by atomic mass is 19.4. The number of hydrogen-bond donors (Lipinski definition) is 1. The molecule has 0 rings (SSSR count). The summed E-state index contributed by atoms with van der Waals surface area (Å²) in [7, 11) is 0. The van der Waals surface area contributed by atoms with Gasteiger partial charge < -0.3 is 5.11 Å². The van der Waals surface area contributed by atoms with Crippen LogP contribution in [0.15, 0.2) is 12.2 Å². The van der Waals surface area contributed by atoms with Crippen molar-refractivity contribution in [2.75, 3.05) is 0 Å². The highest BCUT2D eigenvalue weighted by molar-refractivity contribution is 5.02. The van der Waals surface area contributed by atoms with Gasteiger partial charge in [0.2, 0.25) is 0 Å². The Morgan fingerprint density at radius 3 is 1.35 bits per heavy atom. The molecule has 0 saturated carbocycles. The third-order valence-electron chi connectivity index (χ3n) is 1.66. The van der Waals surface area contributed by atoms with E-state index < -0.39 is 42.7 Å². The molecule has 0 heterocycles. The van der Waals surface area contributed by atoms with Gasteiger partial charge in [-0.1, -0.05) is 6.08 Å². The van der Waals surface area contributed by atoms with E-state index in [2.05, 4.69) is 0 Å². The fourth-order valence-electron chi connectivity index (χ4n) is 0.755. The van der Waals surface area contributed by atoms with Crippen molar-refractivity contribution in [2.45, 2.75) is 30.6 Å². The van der Waals surface area contributed by atoms with Gasteiger partial charge in [0, 0.05) is 12.5 Å². The van der Waals surface area contributed by atoms with Gasteiger partial charge in [-0.15, -0.1) is 0 Å². The molecule has 0 fully saturated rings. The van der Waals surface area contributed by atoms with Crippen molar-refractivity contribution in [3.05, 3.63) is 12.2 Å². The standard InChI is InChI=1S/C7H5F9O/c8-5(9,10)3-1-2-4(17,6(11,12)13)7(14,15)16/h1,3,17H,2H2. The second-order valence-electron chi connectivity index (χ2n) is 3.00. The molecule has 0 atom stereocenters. The van der Waals surface area contributed by atoms with Crippen LogP contribution in [0.3, 0.4) is 0 Å². The second-order valence-corrected chi connectivity index (χ2v) is 3.00. The van der Waals surface area contributed by atoms with Gasteiger partial charge in [0.25, 0.3) is 5.60 Å². The quantitative estimate of drug-likeness (QED) is 0.605. The van der Waals surface area contributed by atoms with Crippen LogP contribution < -0.4 is 0 Å². The summed E-state index contributed by atoms with van der Waals surface area (Å²) < 4.78 is 106. The number of aliphatic hydroxyl groups is 1. The number of hydrogen-bond acceptors (Lipinski definition) is 1. The highest BCUT2D eigenvalue weighted by Gasteiger charge is 2.69. The van der Waals surface area contributed by atoms with E-state index in [0.29, 0.717) is 0 Å². The zero-order chi connectivity index (χ0) is 14.1. The van der Waals surface area contributed by atoms with Crippen LogP contribution in [0.25, 0.3) is 0 Å². The van der Waals surface area contributed by atoms with Gasteiger partial charge in [-0.2, -0.15) is 39.5 Å². The Bertz CT molecular complexity index is 267. The monoisotopic (exact) mass is 276 g/mol. The van der Waals surface area contributed by atoms with Crippen LogP contribution in [-0.2, 0) is 0 Å². The summed E-state index contributed by atoms with van der Waals surface area (Å²) in [6, 6.07) is 0. The number of alkyl halides is 9.